The summed E-state index contributed by atoms with van der Waals surface area (Å²) in [7, 11) is 0. The quantitative estimate of drug-likeness (QED) is 0.436. The van der Waals surface area contributed by atoms with E-state index in [-0.39, 0.29) is 23.7 Å². The lowest BCUT2D eigenvalue weighted by Crippen LogP contribution is -3.28. The molecule has 4 N–H and O–H groups in total. The van der Waals surface area contributed by atoms with Crippen LogP contribution in [0.5, 0.6) is 0 Å². The zero-order chi connectivity index (χ0) is 21.2. The fourth-order valence-electron chi connectivity index (χ4n) is 3.77. The van der Waals surface area contributed by atoms with E-state index >= 15 is 0 Å². The van der Waals surface area contributed by atoms with Gasteiger partial charge in [-0.25, -0.2) is 4.39 Å². The lowest BCUT2D eigenvalue weighted by Gasteiger charge is -2.29. The zero-order valence-electron chi connectivity index (χ0n) is 18.0. The van der Waals surface area contributed by atoms with Crippen molar-refractivity contribution in [2.24, 2.45) is 5.92 Å². The van der Waals surface area contributed by atoms with Crippen molar-refractivity contribution in [2.45, 2.75) is 46.1 Å². The normalized spacial score (nSPS) is 20.3. The minimum atomic E-state index is -0.361. The van der Waals surface area contributed by atoms with Gasteiger partial charge in [0.1, 0.15) is 32.0 Å². The van der Waals surface area contributed by atoms with Crippen LogP contribution in [0.15, 0.2) is 24.3 Å². The van der Waals surface area contributed by atoms with Gasteiger partial charge in [-0.05, 0) is 37.5 Å². The number of carbonyl (C=O) groups is 2. The Balaban J connectivity index is 1.63. The van der Waals surface area contributed by atoms with Gasteiger partial charge in [-0.3, -0.25) is 9.59 Å². The van der Waals surface area contributed by atoms with Crippen LogP contribution >= 0.6 is 0 Å². The SMILES string of the molecule is CC(C)CCC[C@@H](C)NC(=O)C[NH+]1CC[NH+](CC(=O)Nc2cccc(F)c2)CC1. The van der Waals surface area contributed by atoms with Crippen molar-refractivity contribution in [1.29, 1.82) is 0 Å². The summed E-state index contributed by atoms with van der Waals surface area (Å²) >= 11 is 0. The van der Waals surface area contributed by atoms with E-state index in [2.05, 4.69) is 31.4 Å². The summed E-state index contributed by atoms with van der Waals surface area (Å²) in [6, 6.07) is 6.15. The third-order valence-corrected chi connectivity index (χ3v) is 5.42. The fourth-order valence-corrected chi connectivity index (χ4v) is 3.77. The van der Waals surface area contributed by atoms with Crippen LogP contribution in [0.4, 0.5) is 10.1 Å². The number of piperazine rings is 1. The molecule has 1 aromatic rings. The molecule has 0 spiro atoms. The molecule has 1 heterocycles. The summed E-state index contributed by atoms with van der Waals surface area (Å²) in [4.78, 5) is 26.9. The lowest BCUT2D eigenvalue weighted by atomic mass is 10.0. The maximum atomic E-state index is 13.2. The Morgan fingerprint density at radius 3 is 2.21 bits per heavy atom. The molecule has 1 aliphatic rings. The number of amides is 2. The van der Waals surface area contributed by atoms with Crippen molar-refractivity contribution in [3.63, 3.8) is 0 Å². The number of nitrogens with one attached hydrogen (secondary N) is 4. The summed E-state index contributed by atoms with van der Waals surface area (Å²) in [5.41, 5.74) is 0.484. The molecule has 0 bridgehead atoms. The molecule has 0 saturated carbocycles. The van der Waals surface area contributed by atoms with Crippen LogP contribution in [0.2, 0.25) is 0 Å². The molecule has 1 atom stereocenters. The molecule has 0 aromatic heterocycles. The molecule has 29 heavy (non-hydrogen) atoms. The molecule has 1 aromatic carbocycles. The molecule has 1 aliphatic heterocycles. The monoisotopic (exact) mass is 408 g/mol. The van der Waals surface area contributed by atoms with Crippen LogP contribution in [0.25, 0.3) is 0 Å². The number of hydrogen-bond acceptors (Lipinski definition) is 2. The standard InChI is InChI=1S/C22H35FN4O2/c1-17(2)6-4-7-18(3)24-21(28)15-26-10-12-27(13-11-26)16-22(29)25-20-9-5-8-19(23)14-20/h5,8-9,14,17-18H,4,6-7,10-13,15-16H2,1-3H3,(H,24,28)(H,25,29)/p+2/t18-/m1/s1. The molecule has 1 fully saturated rings. The predicted octanol–water partition coefficient (Wildman–Crippen LogP) is -0.121. The first-order valence-electron chi connectivity index (χ1n) is 10.8. The second kappa shape index (κ2) is 11.9. The van der Waals surface area contributed by atoms with Crippen molar-refractivity contribution >= 4 is 17.5 Å². The fraction of sp³-hybridized carbons (Fsp3) is 0.636. The van der Waals surface area contributed by atoms with Crippen LogP contribution < -0.4 is 20.4 Å². The molecule has 7 heteroatoms. The van der Waals surface area contributed by atoms with Crippen LogP contribution in [0.3, 0.4) is 0 Å². The molecule has 2 amide bonds. The van der Waals surface area contributed by atoms with Gasteiger partial charge in [0, 0.05) is 11.7 Å². The third kappa shape index (κ3) is 9.37. The number of rotatable bonds is 10. The molecule has 0 unspecified atom stereocenters. The van der Waals surface area contributed by atoms with Crippen LogP contribution in [-0.2, 0) is 9.59 Å². The van der Waals surface area contributed by atoms with Gasteiger partial charge in [-0.2, -0.15) is 0 Å². The number of anilines is 1. The second-order valence-electron chi connectivity index (χ2n) is 8.71. The minimum absolute atomic E-state index is 0.109. The average molecular weight is 409 g/mol. The molecule has 6 nitrogen and oxygen atoms in total. The first kappa shape index (κ1) is 23.3. The highest BCUT2D eigenvalue weighted by molar-refractivity contribution is 5.91. The van der Waals surface area contributed by atoms with Crippen LogP contribution in [-0.4, -0.2) is 57.1 Å². The molecule has 1 saturated heterocycles. The molecule has 2 rings (SSSR count). The number of benzene rings is 1. The first-order chi connectivity index (χ1) is 13.8. The molecular weight excluding hydrogens is 371 g/mol. The summed E-state index contributed by atoms with van der Waals surface area (Å²) in [6.45, 7) is 10.8. The van der Waals surface area contributed by atoms with Crippen molar-refractivity contribution in [3.8, 4) is 0 Å². The van der Waals surface area contributed by atoms with E-state index in [1.807, 2.05) is 0 Å². The molecular formula is C22H37FN4O2+2. The van der Waals surface area contributed by atoms with Crippen molar-refractivity contribution in [3.05, 3.63) is 30.1 Å². The molecule has 162 valence electrons. The van der Waals surface area contributed by atoms with Gasteiger partial charge < -0.3 is 20.4 Å². The molecule has 0 aliphatic carbocycles. The Hall–Kier alpha value is -1.99. The van der Waals surface area contributed by atoms with E-state index in [0.717, 1.165) is 39.0 Å². The largest absolute Gasteiger partial charge is 0.349 e. The van der Waals surface area contributed by atoms with Gasteiger partial charge in [-0.15, -0.1) is 0 Å². The Bertz CT molecular complexity index is 660. The Morgan fingerprint density at radius 2 is 1.62 bits per heavy atom. The summed E-state index contributed by atoms with van der Waals surface area (Å²) in [5.74, 6) is 0.350. The van der Waals surface area contributed by atoms with Crippen molar-refractivity contribution < 1.29 is 23.8 Å². The van der Waals surface area contributed by atoms with Gasteiger partial charge in [-0.1, -0.05) is 32.8 Å². The van der Waals surface area contributed by atoms with E-state index in [0.29, 0.717) is 24.7 Å². The maximum Gasteiger partial charge on any atom is 0.279 e. The second-order valence-corrected chi connectivity index (χ2v) is 8.71. The Morgan fingerprint density at radius 1 is 1.00 bits per heavy atom. The van der Waals surface area contributed by atoms with Gasteiger partial charge in [0.15, 0.2) is 13.1 Å². The van der Waals surface area contributed by atoms with E-state index in [9.17, 15) is 14.0 Å². The predicted molar refractivity (Wildman–Crippen MR) is 112 cm³/mol. The van der Waals surface area contributed by atoms with E-state index in [4.69, 9.17) is 0 Å². The number of carbonyl (C=O) groups excluding carboxylic acids is 2. The minimum Gasteiger partial charge on any atom is -0.349 e. The van der Waals surface area contributed by atoms with Gasteiger partial charge in [0.2, 0.25) is 0 Å². The summed E-state index contributed by atoms with van der Waals surface area (Å²) in [6.07, 6.45) is 3.37. The first-order valence-corrected chi connectivity index (χ1v) is 10.8. The van der Waals surface area contributed by atoms with E-state index < -0.39 is 0 Å². The van der Waals surface area contributed by atoms with Crippen LogP contribution in [0, 0.1) is 11.7 Å². The van der Waals surface area contributed by atoms with Gasteiger partial charge in [0.05, 0.1) is 0 Å². The van der Waals surface area contributed by atoms with Crippen LogP contribution in [0.1, 0.15) is 40.0 Å². The van der Waals surface area contributed by atoms with Crippen molar-refractivity contribution in [2.75, 3.05) is 44.6 Å². The highest BCUT2D eigenvalue weighted by atomic mass is 19.1. The zero-order valence-corrected chi connectivity index (χ0v) is 18.0. The highest BCUT2D eigenvalue weighted by Crippen LogP contribution is 2.08. The Kier molecular flexibility index (Phi) is 9.54. The number of halogens is 1. The number of hydrogen-bond donors (Lipinski definition) is 4. The van der Waals surface area contributed by atoms with Crippen molar-refractivity contribution in [1.82, 2.24) is 5.32 Å². The lowest BCUT2D eigenvalue weighted by molar-refractivity contribution is -1.00. The highest BCUT2D eigenvalue weighted by Gasteiger charge is 2.26. The number of quaternary nitrogens is 2. The van der Waals surface area contributed by atoms with Gasteiger partial charge in [0.25, 0.3) is 11.8 Å². The van der Waals surface area contributed by atoms with E-state index in [1.165, 1.54) is 28.4 Å². The smallest absolute Gasteiger partial charge is 0.279 e. The average Bonchev–Trinajstić information content (AvgIpc) is 2.63. The summed E-state index contributed by atoms with van der Waals surface area (Å²) in [5, 5.41) is 5.86. The third-order valence-electron chi connectivity index (χ3n) is 5.42. The van der Waals surface area contributed by atoms with E-state index in [1.54, 1.807) is 12.1 Å². The molecule has 0 radical (unpaired) electrons. The topological polar surface area (TPSA) is 67.1 Å². The van der Waals surface area contributed by atoms with Gasteiger partial charge >= 0.3 is 0 Å². The summed E-state index contributed by atoms with van der Waals surface area (Å²) < 4.78 is 13.2. The Labute approximate surface area is 173 Å². The maximum absolute atomic E-state index is 13.2.